The summed E-state index contributed by atoms with van der Waals surface area (Å²) in [6.07, 6.45) is 0.283. The summed E-state index contributed by atoms with van der Waals surface area (Å²) in [7, 11) is 0. The quantitative estimate of drug-likeness (QED) is 0.448. The van der Waals surface area contributed by atoms with Crippen molar-refractivity contribution in [3.63, 3.8) is 0 Å². The second-order valence-corrected chi connectivity index (χ2v) is 7.07. The highest BCUT2D eigenvalue weighted by molar-refractivity contribution is 9.10. The number of carbonyl (C=O) groups is 1. The van der Waals surface area contributed by atoms with E-state index in [0.29, 0.717) is 6.42 Å². The van der Waals surface area contributed by atoms with Crippen molar-refractivity contribution in [2.75, 3.05) is 0 Å². The second-order valence-electron chi connectivity index (χ2n) is 6.15. The Bertz CT molecular complexity index is 790. The van der Waals surface area contributed by atoms with Crippen LogP contribution in [0.25, 0.3) is 0 Å². The van der Waals surface area contributed by atoms with Gasteiger partial charge in [-0.25, -0.2) is 0 Å². The maximum atomic E-state index is 13.0. The Balaban J connectivity index is 1.88. The highest BCUT2D eigenvalue weighted by Crippen LogP contribution is 2.30. The van der Waals surface area contributed by atoms with Crippen LogP contribution in [0.5, 0.6) is 0 Å². The Morgan fingerprint density at radius 1 is 0.808 bits per heavy atom. The molecule has 0 aromatic heterocycles. The van der Waals surface area contributed by atoms with Crippen molar-refractivity contribution in [2.45, 2.75) is 25.4 Å². The topological polar surface area (TPSA) is 26.3 Å². The van der Waals surface area contributed by atoms with Gasteiger partial charge in [-0.1, -0.05) is 95.7 Å². The first-order valence-electron chi connectivity index (χ1n) is 8.75. The molecule has 2 nitrogen and oxygen atoms in total. The average Bonchev–Trinajstić information content (AvgIpc) is 2.69. The third kappa shape index (κ3) is 4.41. The van der Waals surface area contributed by atoms with E-state index in [1.54, 1.807) is 0 Å². The lowest BCUT2D eigenvalue weighted by atomic mass is 9.96. The van der Waals surface area contributed by atoms with Gasteiger partial charge in [-0.2, -0.15) is 0 Å². The summed E-state index contributed by atoms with van der Waals surface area (Å²) in [5.41, 5.74) is 2.91. The van der Waals surface area contributed by atoms with E-state index in [2.05, 4.69) is 15.9 Å². The highest BCUT2D eigenvalue weighted by Gasteiger charge is 2.25. The van der Waals surface area contributed by atoms with Crippen molar-refractivity contribution in [3.05, 3.63) is 106 Å². The van der Waals surface area contributed by atoms with E-state index in [4.69, 9.17) is 4.74 Å². The van der Waals surface area contributed by atoms with Crippen molar-refractivity contribution in [2.24, 2.45) is 0 Å². The van der Waals surface area contributed by atoms with Gasteiger partial charge in [0.15, 0.2) is 6.10 Å². The molecular weight excluding hydrogens is 388 g/mol. The molecule has 0 fully saturated rings. The van der Waals surface area contributed by atoms with Crippen LogP contribution in [-0.2, 0) is 9.53 Å². The van der Waals surface area contributed by atoms with Crippen LogP contribution < -0.4 is 0 Å². The molecule has 132 valence electrons. The van der Waals surface area contributed by atoms with E-state index in [1.807, 2.05) is 91.9 Å². The third-order valence-electron chi connectivity index (χ3n) is 4.40. The summed E-state index contributed by atoms with van der Waals surface area (Å²) < 4.78 is 7.01. The Labute approximate surface area is 163 Å². The molecule has 26 heavy (non-hydrogen) atoms. The molecule has 0 aliphatic carbocycles. The summed E-state index contributed by atoms with van der Waals surface area (Å²) in [6, 6.07) is 27.6. The van der Waals surface area contributed by atoms with Gasteiger partial charge in [0.05, 0.1) is 5.92 Å². The van der Waals surface area contributed by atoms with Gasteiger partial charge in [-0.3, -0.25) is 4.79 Å². The van der Waals surface area contributed by atoms with E-state index >= 15 is 0 Å². The van der Waals surface area contributed by atoms with Crippen LogP contribution in [0.3, 0.4) is 0 Å². The molecule has 3 rings (SSSR count). The molecular formula is C23H21BrO2. The fourth-order valence-electron chi connectivity index (χ4n) is 3.02. The van der Waals surface area contributed by atoms with E-state index in [9.17, 15) is 4.79 Å². The fourth-order valence-corrected chi connectivity index (χ4v) is 3.28. The van der Waals surface area contributed by atoms with E-state index in [-0.39, 0.29) is 11.9 Å². The van der Waals surface area contributed by atoms with Crippen molar-refractivity contribution in [1.82, 2.24) is 0 Å². The smallest absolute Gasteiger partial charge is 0.314 e. The van der Waals surface area contributed by atoms with Crippen molar-refractivity contribution < 1.29 is 9.53 Å². The Kier molecular flexibility index (Phi) is 6.24. The molecule has 1 atom stereocenters. The lowest BCUT2D eigenvalue weighted by molar-refractivity contribution is -0.149. The minimum absolute atomic E-state index is 0.201. The molecule has 0 heterocycles. The zero-order valence-electron chi connectivity index (χ0n) is 14.6. The Morgan fingerprint density at radius 2 is 1.31 bits per heavy atom. The highest BCUT2D eigenvalue weighted by atomic mass is 79.9. The number of ether oxygens (including phenoxy) is 1. The molecule has 0 unspecified atom stereocenters. The maximum Gasteiger partial charge on any atom is 0.314 e. The van der Waals surface area contributed by atoms with Gasteiger partial charge in [0, 0.05) is 4.47 Å². The van der Waals surface area contributed by atoms with Gasteiger partial charge in [-0.15, -0.1) is 0 Å². The number of carbonyl (C=O) groups excluding carboxylic acids is 1. The van der Waals surface area contributed by atoms with Crippen LogP contribution in [0.1, 0.15) is 42.1 Å². The van der Waals surface area contributed by atoms with Gasteiger partial charge < -0.3 is 4.74 Å². The predicted octanol–water partition coefficient (Wildman–Crippen LogP) is 6.28. The molecule has 0 N–H and O–H groups in total. The van der Waals surface area contributed by atoms with Gasteiger partial charge >= 0.3 is 5.97 Å². The van der Waals surface area contributed by atoms with E-state index < -0.39 is 6.10 Å². The zero-order valence-corrected chi connectivity index (χ0v) is 16.2. The first-order chi connectivity index (χ1) is 12.7. The van der Waals surface area contributed by atoms with Crippen molar-refractivity contribution >= 4 is 21.9 Å². The lowest BCUT2D eigenvalue weighted by Crippen LogP contribution is -2.19. The number of hydrogen-bond acceptors (Lipinski definition) is 2. The van der Waals surface area contributed by atoms with E-state index in [1.165, 1.54) is 0 Å². The Morgan fingerprint density at radius 3 is 1.77 bits per heavy atom. The normalized spacial score (nSPS) is 12.0. The Hall–Kier alpha value is -2.39. The number of rotatable bonds is 6. The van der Waals surface area contributed by atoms with Crippen LogP contribution in [-0.4, -0.2) is 5.97 Å². The molecule has 3 aromatic rings. The first kappa shape index (κ1) is 18.4. The summed E-state index contributed by atoms with van der Waals surface area (Å²) in [5.74, 6) is -0.481. The predicted molar refractivity (Wildman–Crippen MR) is 108 cm³/mol. The van der Waals surface area contributed by atoms with E-state index in [0.717, 1.165) is 21.2 Å². The minimum Gasteiger partial charge on any atom is -0.452 e. The molecule has 0 radical (unpaired) electrons. The average molecular weight is 409 g/mol. The molecule has 0 saturated carbocycles. The third-order valence-corrected chi connectivity index (χ3v) is 4.93. The van der Waals surface area contributed by atoms with Crippen LogP contribution >= 0.6 is 15.9 Å². The fraction of sp³-hybridized carbons (Fsp3) is 0.174. The summed E-state index contributed by atoms with van der Waals surface area (Å²) >= 11 is 3.44. The second kappa shape index (κ2) is 8.81. The van der Waals surface area contributed by atoms with Gasteiger partial charge in [0.25, 0.3) is 0 Å². The van der Waals surface area contributed by atoms with Crippen molar-refractivity contribution in [1.29, 1.82) is 0 Å². The van der Waals surface area contributed by atoms with Gasteiger partial charge in [0.2, 0.25) is 0 Å². The summed E-state index contributed by atoms with van der Waals surface area (Å²) in [5, 5.41) is 0. The monoisotopic (exact) mass is 408 g/mol. The standard InChI is InChI=1S/C23H21BrO2/c1-2-21(17-13-15-20(24)16-14-17)23(25)26-22(18-9-5-3-6-10-18)19-11-7-4-8-12-19/h3-16,21-22H,2H2,1H3/t21-/m1/s1. The lowest BCUT2D eigenvalue weighted by Gasteiger charge is -2.22. The molecule has 0 bridgehead atoms. The minimum atomic E-state index is -0.408. The maximum absolute atomic E-state index is 13.0. The zero-order chi connectivity index (χ0) is 18.4. The van der Waals surface area contributed by atoms with Crippen LogP contribution in [0.15, 0.2) is 89.4 Å². The summed E-state index contributed by atoms with van der Waals surface area (Å²) in [4.78, 5) is 13.0. The summed E-state index contributed by atoms with van der Waals surface area (Å²) in [6.45, 7) is 2.01. The number of hydrogen-bond donors (Lipinski definition) is 0. The molecule has 3 heteroatoms. The molecule has 0 spiro atoms. The van der Waals surface area contributed by atoms with Crippen LogP contribution in [0, 0.1) is 0 Å². The SMILES string of the molecule is CC[C@@H](C(=O)OC(c1ccccc1)c1ccccc1)c1ccc(Br)cc1. The molecule has 3 aromatic carbocycles. The van der Waals surface area contributed by atoms with Gasteiger partial charge in [-0.05, 0) is 35.2 Å². The number of benzene rings is 3. The van der Waals surface area contributed by atoms with Crippen LogP contribution in [0.2, 0.25) is 0 Å². The largest absolute Gasteiger partial charge is 0.452 e. The number of halogens is 1. The molecule has 0 saturated heterocycles. The van der Waals surface area contributed by atoms with Crippen molar-refractivity contribution in [3.8, 4) is 0 Å². The molecule has 0 aliphatic heterocycles. The van der Waals surface area contributed by atoms with Gasteiger partial charge in [0.1, 0.15) is 0 Å². The molecule has 0 amide bonds. The van der Waals surface area contributed by atoms with Crippen LogP contribution in [0.4, 0.5) is 0 Å². The number of esters is 1. The first-order valence-corrected chi connectivity index (χ1v) is 9.54. The molecule has 0 aliphatic rings.